The van der Waals surface area contributed by atoms with Crippen molar-refractivity contribution in [2.45, 2.75) is 52.1 Å². The molecule has 5 heteroatoms. The van der Waals surface area contributed by atoms with Crippen molar-refractivity contribution in [1.82, 2.24) is 14.7 Å². The molecule has 1 aliphatic carbocycles. The molecule has 0 unspecified atom stereocenters. The van der Waals surface area contributed by atoms with Gasteiger partial charge in [-0.15, -0.1) is 0 Å². The molecule has 0 aliphatic heterocycles. The van der Waals surface area contributed by atoms with E-state index in [9.17, 15) is 9.18 Å². The van der Waals surface area contributed by atoms with Gasteiger partial charge < -0.3 is 4.90 Å². The number of rotatable bonds is 5. The fraction of sp³-hybridized carbons (Fsp3) is 0.474. The van der Waals surface area contributed by atoms with E-state index >= 15 is 0 Å². The van der Waals surface area contributed by atoms with Gasteiger partial charge in [-0.05, 0) is 36.8 Å². The number of carbonyl (C=O) groups is 1. The zero-order valence-corrected chi connectivity index (χ0v) is 14.7. The number of carbonyl (C=O) groups excluding carboxylic acids is 1. The van der Waals surface area contributed by atoms with Crippen LogP contribution >= 0.6 is 0 Å². The maximum absolute atomic E-state index is 14.3. The number of aryl methyl sites for hydroxylation is 2. The van der Waals surface area contributed by atoms with Crippen LogP contribution in [0.25, 0.3) is 0 Å². The number of hydrogen-bond acceptors (Lipinski definition) is 2. The number of halogens is 1. The van der Waals surface area contributed by atoms with Crippen molar-refractivity contribution in [3.8, 4) is 0 Å². The molecule has 128 valence electrons. The Bertz CT molecular complexity index is 762. The zero-order chi connectivity index (χ0) is 17.4. The molecule has 0 spiro atoms. The van der Waals surface area contributed by atoms with Crippen LogP contribution in [0, 0.1) is 12.9 Å². The van der Waals surface area contributed by atoms with Crippen molar-refractivity contribution in [1.29, 1.82) is 0 Å². The molecule has 1 aliphatic rings. The van der Waals surface area contributed by atoms with Gasteiger partial charge in [0.25, 0.3) is 5.91 Å². The highest BCUT2D eigenvalue weighted by molar-refractivity contribution is 5.95. The monoisotopic (exact) mass is 329 g/mol. The zero-order valence-electron chi connectivity index (χ0n) is 14.7. The summed E-state index contributed by atoms with van der Waals surface area (Å²) in [5.74, 6) is -0.423. The average molecular weight is 329 g/mol. The van der Waals surface area contributed by atoms with E-state index < -0.39 is 5.95 Å². The molecule has 0 N–H and O–H groups in total. The summed E-state index contributed by atoms with van der Waals surface area (Å²) in [7, 11) is 1.52. The molecular formula is C19H24FN3O. The lowest BCUT2D eigenvalue weighted by atomic mass is 9.97. The maximum Gasteiger partial charge on any atom is 0.260 e. The summed E-state index contributed by atoms with van der Waals surface area (Å²) in [5.41, 5.74) is 2.92. The number of hydrogen-bond donors (Lipinski definition) is 0. The first kappa shape index (κ1) is 16.7. The van der Waals surface area contributed by atoms with Crippen molar-refractivity contribution >= 4 is 5.91 Å². The Hall–Kier alpha value is -2.17. The van der Waals surface area contributed by atoms with Crippen LogP contribution < -0.4 is 0 Å². The highest BCUT2D eigenvalue weighted by Crippen LogP contribution is 2.32. The molecule has 1 aromatic heterocycles. The Morgan fingerprint density at radius 1 is 1.38 bits per heavy atom. The molecule has 0 bridgehead atoms. The standard InChI is InChI=1S/C19H24FN3O/c1-12(2)16-8-6-5-7-14(16)11-23(15-9-10-15)19(24)17-13(3)21-22(4)18(17)20/h5-8,12,15H,9-11H2,1-4H3. The van der Waals surface area contributed by atoms with E-state index in [1.54, 1.807) is 6.92 Å². The summed E-state index contributed by atoms with van der Waals surface area (Å²) < 4.78 is 15.5. The Kier molecular flexibility index (Phi) is 4.43. The third-order valence-electron chi connectivity index (χ3n) is 4.63. The lowest BCUT2D eigenvalue weighted by Crippen LogP contribution is -2.33. The second kappa shape index (κ2) is 6.38. The van der Waals surface area contributed by atoms with E-state index in [1.165, 1.54) is 12.6 Å². The fourth-order valence-corrected chi connectivity index (χ4v) is 3.19. The van der Waals surface area contributed by atoms with Gasteiger partial charge in [-0.1, -0.05) is 38.1 Å². The molecule has 1 amide bonds. The molecule has 1 heterocycles. The van der Waals surface area contributed by atoms with Crippen LogP contribution in [0.15, 0.2) is 24.3 Å². The summed E-state index contributed by atoms with van der Waals surface area (Å²) in [6.07, 6.45) is 1.97. The van der Waals surface area contributed by atoms with Gasteiger partial charge in [-0.3, -0.25) is 4.79 Å². The first-order chi connectivity index (χ1) is 11.4. The third-order valence-corrected chi connectivity index (χ3v) is 4.63. The molecular weight excluding hydrogens is 305 g/mol. The van der Waals surface area contributed by atoms with E-state index in [2.05, 4.69) is 31.1 Å². The smallest absolute Gasteiger partial charge is 0.260 e. The van der Waals surface area contributed by atoms with Crippen LogP contribution in [0.5, 0.6) is 0 Å². The summed E-state index contributed by atoms with van der Waals surface area (Å²) in [4.78, 5) is 14.8. The predicted molar refractivity (Wildman–Crippen MR) is 91.3 cm³/mol. The molecule has 24 heavy (non-hydrogen) atoms. The molecule has 1 saturated carbocycles. The summed E-state index contributed by atoms with van der Waals surface area (Å²) in [6, 6.07) is 8.38. The van der Waals surface area contributed by atoms with Gasteiger partial charge in [0.15, 0.2) is 0 Å². The first-order valence-electron chi connectivity index (χ1n) is 8.48. The van der Waals surface area contributed by atoms with Crippen LogP contribution in [-0.4, -0.2) is 26.6 Å². The van der Waals surface area contributed by atoms with E-state index in [4.69, 9.17) is 0 Å². The highest BCUT2D eigenvalue weighted by atomic mass is 19.1. The molecule has 0 radical (unpaired) electrons. The van der Waals surface area contributed by atoms with Gasteiger partial charge in [0.2, 0.25) is 5.95 Å². The largest absolute Gasteiger partial charge is 0.331 e. The first-order valence-corrected chi connectivity index (χ1v) is 8.48. The van der Waals surface area contributed by atoms with Gasteiger partial charge in [-0.25, -0.2) is 4.68 Å². The summed E-state index contributed by atoms with van der Waals surface area (Å²) >= 11 is 0. The van der Waals surface area contributed by atoms with E-state index in [0.717, 1.165) is 23.1 Å². The predicted octanol–water partition coefficient (Wildman–Crippen LogP) is 3.80. The van der Waals surface area contributed by atoms with E-state index in [0.29, 0.717) is 18.2 Å². The van der Waals surface area contributed by atoms with Crippen molar-refractivity contribution in [2.75, 3.05) is 0 Å². The number of amides is 1. The second-order valence-corrected chi connectivity index (χ2v) is 6.89. The van der Waals surface area contributed by atoms with Crippen molar-refractivity contribution in [2.24, 2.45) is 7.05 Å². The number of benzene rings is 1. The third kappa shape index (κ3) is 3.07. The van der Waals surface area contributed by atoms with Gasteiger partial charge in [-0.2, -0.15) is 9.49 Å². The SMILES string of the molecule is Cc1nn(C)c(F)c1C(=O)N(Cc1ccccc1C(C)C)C1CC1. The molecule has 0 atom stereocenters. The molecule has 0 saturated heterocycles. The molecule has 1 fully saturated rings. The number of nitrogens with zero attached hydrogens (tertiary/aromatic N) is 3. The number of aromatic nitrogens is 2. The fourth-order valence-electron chi connectivity index (χ4n) is 3.19. The van der Waals surface area contributed by atoms with Crippen molar-refractivity contribution in [3.05, 3.63) is 52.6 Å². The normalized spacial score (nSPS) is 14.2. The highest BCUT2D eigenvalue weighted by Gasteiger charge is 2.36. The lowest BCUT2D eigenvalue weighted by molar-refractivity contribution is 0.0723. The van der Waals surface area contributed by atoms with Crippen LogP contribution in [0.3, 0.4) is 0 Å². The molecule has 4 nitrogen and oxygen atoms in total. The Balaban J connectivity index is 1.93. The maximum atomic E-state index is 14.3. The van der Waals surface area contributed by atoms with Gasteiger partial charge in [0, 0.05) is 19.6 Å². The van der Waals surface area contributed by atoms with E-state index in [1.807, 2.05) is 17.0 Å². The van der Waals surface area contributed by atoms with Gasteiger partial charge >= 0.3 is 0 Å². The topological polar surface area (TPSA) is 38.1 Å². The average Bonchev–Trinajstić information content (AvgIpc) is 3.33. The minimum Gasteiger partial charge on any atom is -0.331 e. The Morgan fingerprint density at radius 3 is 2.58 bits per heavy atom. The second-order valence-electron chi connectivity index (χ2n) is 6.89. The van der Waals surface area contributed by atoms with Crippen molar-refractivity contribution < 1.29 is 9.18 Å². The van der Waals surface area contributed by atoms with Crippen LogP contribution in [0.4, 0.5) is 4.39 Å². The lowest BCUT2D eigenvalue weighted by Gasteiger charge is -2.24. The minimum atomic E-state index is -0.555. The molecule has 2 aromatic rings. The Labute approximate surface area is 142 Å². The minimum absolute atomic E-state index is 0.103. The van der Waals surface area contributed by atoms with Crippen molar-refractivity contribution in [3.63, 3.8) is 0 Å². The van der Waals surface area contributed by atoms with E-state index in [-0.39, 0.29) is 17.5 Å². The summed E-state index contributed by atoms with van der Waals surface area (Å²) in [5, 5.41) is 4.04. The van der Waals surface area contributed by atoms with Crippen LogP contribution in [-0.2, 0) is 13.6 Å². The molecule has 3 rings (SSSR count). The van der Waals surface area contributed by atoms with Gasteiger partial charge in [0.05, 0.1) is 5.69 Å². The van der Waals surface area contributed by atoms with Crippen LogP contribution in [0.2, 0.25) is 0 Å². The summed E-state index contributed by atoms with van der Waals surface area (Å²) in [6.45, 7) is 6.50. The Morgan fingerprint density at radius 2 is 2.04 bits per heavy atom. The van der Waals surface area contributed by atoms with Gasteiger partial charge in [0.1, 0.15) is 5.56 Å². The quantitative estimate of drug-likeness (QED) is 0.837. The van der Waals surface area contributed by atoms with Crippen LogP contribution in [0.1, 0.15) is 59.8 Å². The molecule has 1 aromatic carbocycles.